The van der Waals surface area contributed by atoms with Gasteiger partial charge in [0, 0.05) is 19.1 Å². The Bertz CT molecular complexity index is 526. The van der Waals surface area contributed by atoms with E-state index in [0.29, 0.717) is 23.7 Å². The van der Waals surface area contributed by atoms with Crippen LogP contribution in [0.2, 0.25) is 0 Å². The largest absolute Gasteiger partial charge is 0.497 e. The number of piperidine rings is 1. The molecule has 1 saturated heterocycles. The Morgan fingerprint density at radius 2 is 2.05 bits per heavy atom. The third-order valence-electron chi connectivity index (χ3n) is 3.57. The van der Waals surface area contributed by atoms with Crippen LogP contribution in [-0.4, -0.2) is 45.5 Å². The average Bonchev–Trinajstić information content (AvgIpc) is 2.48. The third-order valence-corrected chi connectivity index (χ3v) is 5.45. The Kier molecular flexibility index (Phi) is 5.01. The zero-order valence-electron chi connectivity index (χ0n) is 12.0. The molecule has 1 aliphatic rings. The molecule has 0 aliphatic carbocycles. The predicted molar refractivity (Wildman–Crippen MR) is 78.5 cm³/mol. The van der Waals surface area contributed by atoms with E-state index in [0.717, 1.165) is 19.4 Å². The van der Waals surface area contributed by atoms with Gasteiger partial charge in [-0.25, -0.2) is 8.42 Å². The number of hydrogen-bond donors (Lipinski definition) is 1. The molecule has 0 saturated carbocycles. The van der Waals surface area contributed by atoms with Crippen LogP contribution in [0.4, 0.5) is 0 Å². The van der Waals surface area contributed by atoms with Crippen LogP contribution >= 0.6 is 0 Å². The summed E-state index contributed by atoms with van der Waals surface area (Å²) in [7, 11) is -1.84. The molecule has 112 valence electrons. The van der Waals surface area contributed by atoms with Crippen LogP contribution in [0.15, 0.2) is 29.2 Å². The van der Waals surface area contributed by atoms with E-state index in [4.69, 9.17) is 4.74 Å². The van der Waals surface area contributed by atoms with Gasteiger partial charge in [0.25, 0.3) is 0 Å². The smallest absolute Gasteiger partial charge is 0.243 e. The minimum atomic E-state index is -3.40. The Labute approximate surface area is 121 Å². The van der Waals surface area contributed by atoms with Crippen molar-refractivity contribution in [3.63, 3.8) is 0 Å². The molecule has 2 rings (SSSR count). The number of rotatable bonds is 5. The normalized spacial score (nSPS) is 20.8. The molecule has 1 heterocycles. The maximum absolute atomic E-state index is 12.6. The van der Waals surface area contributed by atoms with Gasteiger partial charge in [0.05, 0.1) is 12.0 Å². The molecule has 0 aromatic heterocycles. The van der Waals surface area contributed by atoms with E-state index < -0.39 is 10.0 Å². The van der Waals surface area contributed by atoms with Crippen molar-refractivity contribution in [1.82, 2.24) is 9.62 Å². The van der Waals surface area contributed by atoms with Crippen molar-refractivity contribution in [2.45, 2.75) is 30.7 Å². The number of benzene rings is 1. The van der Waals surface area contributed by atoms with E-state index in [1.807, 2.05) is 6.92 Å². The van der Waals surface area contributed by atoms with Gasteiger partial charge in [0.2, 0.25) is 10.0 Å². The van der Waals surface area contributed by atoms with E-state index in [-0.39, 0.29) is 6.04 Å². The third kappa shape index (κ3) is 3.31. The molecule has 20 heavy (non-hydrogen) atoms. The second kappa shape index (κ2) is 6.56. The van der Waals surface area contributed by atoms with Crippen molar-refractivity contribution >= 4 is 10.0 Å². The number of nitrogens with one attached hydrogen (secondary N) is 1. The van der Waals surface area contributed by atoms with Gasteiger partial charge in [-0.15, -0.1) is 0 Å². The fourth-order valence-electron chi connectivity index (χ4n) is 2.51. The van der Waals surface area contributed by atoms with Crippen LogP contribution in [0, 0.1) is 0 Å². The molecule has 0 bridgehead atoms. The summed E-state index contributed by atoms with van der Waals surface area (Å²) < 4.78 is 31.8. The van der Waals surface area contributed by atoms with Crippen LogP contribution in [0.25, 0.3) is 0 Å². The highest BCUT2D eigenvalue weighted by atomic mass is 32.2. The van der Waals surface area contributed by atoms with Crippen molar-refractivity contribution in [2.24, 2.45) is 0 Å². The van der Waals surface area contributed by atoms with Crippen molar-refractivity contribution in [2.75, 3.05) is 26.7 Å². The maximum Gasteiger partial charge on any atom is 0.243 e. The first-order valence-electron chi connectivity index (χ1n) is 6.95. The van der Waals surface area contributed by atoms with E-state index >= 15 is 0 Å². The van der Waals surface area contributed by atoms with Crippen molar-refractivity contribution in [3.8, 4) is 5.75 Å². The molecule has 1 aromatic rings. The molecule has 6 heteroatoms. The number of likely N-dealkylation sites (N-methyl/N-ethyl adjacent to an activating group) is 1. The summed E-state index contributed by atoms with van der Waals surface area (Å²) in [6.07, 6.45) is 1.93. The highest BCUT2D eigenvalue weighted by Gasteiger charge is 2.29. The first-order chi connectivity index (χ1) is 9.57. The quantitative estimate of drug-likeness (QED) is 0.894. The van der Waals surface area contributed by atoms with Crippen molar-refractivity contribution in [1.29, 1.82) is 0 Å². The summed E-state index contributed by atoms with van der Waals surface area (Å²) in [4.78, 5) is 0.329. The van der Waals surface area contributed by atoms with Gasteiger partial charge in [0.15, 0.2) is 0 Å². The number of sulfonamides is 1. The fourth-order valence-corrected chi connectivity index (χ4v) is 4.04. The zero-order chi connectivity index (χ0) is 14.6. The zero-order valence-corrected chi connectivity index (χ0v) is 12.8. The minimum Gasteiger partial charge on any atom is -0.497 e. The van der Waals surface area contributed by atoms with E-state index in [2.05, 4.69) is 5.32 Å². The lowest BCUT2D eigenvalue weighted by Gasteiger charge is -2.32. The summed E-state index contributed by atoms with van der Waals surface area (Å²) in [5, 5.41) is 3.33. The highest BCUT2D eigenvalue weighted by molar-refractivity contribution is 7.89. The number of hydrogen-bond acceptors (Lipinski definition) is 4. The van der Waals surface area contributed by atoms with Crippen molar-refractivity contribution < 1.29 is 13.2 Å². The summed E-state index contributed by atoms with van der Waals surface area (Å²) in [5.41, 5.74) is 0. The molecule has 0 radical (unpaired) electrons. The average molecular weight is 298 g/mol. The van der Waals surface area contributed by atoms with Gasteiger partial charge in [-0.05, 0) is 43.7 Å². The van der Waals surface area contributed by atoms with Crippen LogP contribution in [0.5, 0.6) is 5.75 Å². The lowest BCUT2D eigenvalue weighted by atomic mass is 10.1. The molecule has 5 nitrogen and oxygen atoms in total. The number of methoxy groups -OCH3 is 1. The van der Waals surface area contributed by atoms with E-state index in [9.17, 15) is 8.42 Å². The summed E-state index contributed by atoms with van der Waals surface area (Å²) in [6, 6.07) is 6.81. The summed E-state index contributed by atoms with van der Waals surface area (Å²) in [6.45, 7) is 4.04. The van der Waals surface area contributed by atoms with Crippen molar-refractivity contribution in [3.05, 3.63) is 24.3 Å². The Balaban J connectivity index is 2.16. The van der Waals surface area contributed by atoms with Crippen LogP contribution in [0.1, 0.15) is 19.8 Å². The maximum atomic E-state index is 12.6. The Morgan fingerprint density at radius 3 is 2.65 bits per heavy atom. The van der Waals surface area contributed by atoms with Gasteiger partial charge in [0.1, 0.15) is 5.75 Å². The van der Waals surface area contributed by atoms with E-state index in [1.165, 1.54) is 0 Å². The first-order valence-corrected chi connectivity index (χ1v) is 8.39. The standard InChI is InChI=1S/C14H22N2O3S/c1-3-15-12-5-4-10-16(11-12)20(17,18)14-8-6-13(19-2)7-9-14/h6-9,12,15H,3-5,10-11H2,1-2H3. The molecule has 1 aromatic carbocycles. The molecule has 1 fully saturated rings. The summed E-state index contributed by atoms with van der Waals surface area (Å²) in [5.74, 6) is 0.660. The molecular weight excluding hydrogens is 276 g/mol. The summed E-state index contributed by atoms with van der Waals surface area (Å²) >= 11 is 0. The number of nitrogens with zero attached hydrogens (tertiary/aromatic N) is 1. The Hall–Kier alpha value is -1.11. The number of ether oxygens (including phenoxy) is 1. The molecule has 0 amide bonds. The van der Waals surface area contributed by atoms with Crippen LogP contribution in [-0.2, 0) is 10.0 Å². The fraction of sp³-hybridized carbons (Fsp3) is 0.571. The minimum absolute atomic E-state index is 0.252. The van der Waals surface area contributed by atoms with Gasteiger partial charge in [-0.1, -0.05) is 6.92 Å². The van der Waals surface area contributed by atoms with Crippen LogP contribution < -0.4 is 10.1 Å². The first kappa shape index (κ1) is 15.3. The topological polar surface area (TPSA) is 58.6 Å². The van der Waals surface area contributed by atoms with Gasteiger partial charge in [-0.3, -0.25) is 0 Å². The van der Waals surface area contributed by atoms with Gasteiger partial charge < -0.3 is 10.1 Å². The molecule has 1 atom stereocenters. The highest BCUT2D eigenvalue weighted by Crippen LogP contribution is 2.22. The second-order valence-electron chi connectivity index (χ2n) is 4.94. The molecule has 1 unspecified atom stereocenters. The monoisotopic (exact) mass is 298 g/mol. The van der Waals surface area contributed by atoms with E-state index in [1.54, 1.807) is 35.7 Å². The Morgan fingerprint density at radius 1 is 1.35 bits per heavy atom. The molecule has 1 N–H and O–H groups in total. The second-order valence-corrected chi connectivity index (χ2v) is 6.87. The van der Waals surface area contributed by atoms with Crippen LogP contribution in [0.3, 0.4) is 0 Å². The predicted octanol–water partition coefficient (Wildman–Crippen LogP) is 1.46. The molecule has 0 spiro atoms. The lowest BCUT2D eigenvalue weighted by Crippen LogP contribution is -2.47. The van der Waals surface area contributed by atoms with Gasteiger partial charge >= 0.3 is 0 Å². The molecule has 1 aliphatic heterocycles. The molecular formula is C14H22N2O3S. The van der Waals surface area contributed by atoms with Gasteiger partial charge in [-0.2, -0.15) is 4.31 Å². The lowest BCUT2D eigenvalue weighted by molar-refractivity contribution is 0.286. The SMILES string of the molecule is CCNC1CCCN(S(=O)(=O)c2ccc(OC)cc2)C1.